The van der Waals surface area contributed by atoms with E-state index in [1.165, 1.54) is 4.90 Å². The van der Waals surface area contributed by atoms with Gasteiger partial charge in [0.05, 0.1) is 11.8 Å². The van der Waals surface area contributed by atoms with E-state index in [2.05, 4.69) is 10.3 Å². The van der Waals surface area contributed by atoms with Crippen molar-refractivity contribution >= 4 is 39.9 Å². The van der Waals surface area contributed by atoms with Crippen molar-refractivity contribution in [2.45, 2.75) is 26.0 Å². The monoisotopic (exact) mass is 493 g/mol. The molecule has 37 heavy (non-hydrogen) atoms. The lowest BCUT2D eigenvalue weighted by molar-refractivity contribution is -0.146. The summed E-state index contributed by atoms with van der Waals surface area (Å²) in [4.78, 5) is 44.4. The molecule has 0 fully saturated rings. The third-order valence-electron chi connectivity index (χ3n) is 6.15. The van der Waals surface area contributed by atoms with Crippen LogP contribution in [0.5, 0.6) is 0 Å². The number of nitrogens with zero attached hydrogens (tertiary/aromatic N) is 1. The first kappa shape index (κ1) is 24.1. The number of esters is 1. The molecule has 1 aromatic heterocycles. The zero-order valence-corrected chi connectivity index (χ0v) is 20.6. The third kappa shape index (κ3) is 5.02. The predicted molar refractivity (Wildman–Crippen MR) is 143 cm³/mol. The van der Waals surface area contributed by atoms with Crippen molar-refractivity contribution in [2.24, 2.45) is 0 Å². The highest BCUT2D eigenvalue weighted by Gasteiger charge is 2.33. The molecule has 2 N–H and O–H groups in total. The number of ether oxygens (including phenoxy) is 1. The molecule has 1 aliphatic rings. The molecule has 0 spiro atoms. The second-order valence-corrected chi connectivity index (χ2v) is 9.15. The normalized spacial score (nSPS) is 15.2. The summed E-state index contributed by atoms with van der Waals surface area (Å²) < 4.78 is 5.35. The quantitative estimate of drug-likeness (QED) is 0.381. The Bertz CT molecular complexity index is 1470. The van der Waals surface area contributed by atoms with Crippen LogP contribution in [0.25, 0.3) is 16.5 Å². The van der Waals surface area contributed by atoms with Crippen LogP contribution in [0.1, 0.15) is 35.5 Å². The predicted octanol–water partition coefficient (Wildman–Crippen LogP) is 4.70. The molecule has 0 aliphatic carbocycles. The van der Waals surface area contributed by atoms with E-state index in [-0.39, 0.29) is 12.6 Å². The average Bonchev–Trinajstić information content (AvgIpc) is 3.30. The van der Waals surface area contributed by atoms with E-state index in [0.29, 0.717) is 11.4 Å². The molecular formula is C30H27N3O4. The number of nitrogens with one attached hydrogen (secondary N) is 2. The number of aromatic nitrogens is 1. The lowest BCUT2D eigenvalue weighted by Crippen LogP contribution is -2.49. The molecule has 4 aromatic rings. The van der Waals surface area contributed by atoms with Crippen molar-refractivity contribution in [3.8, 4) is 0 Å². The van der Waals surface area contributed by atoms with E-state index < -0.39 is 23.8 Å². The molecular weight excluding hydrogens is 466 g/mol. The van der Waals surface area contributed by atoms with Gasteiger partial charge in [-0.15, -0.1) is 0 Å². The van der Waals surface area contributed by atoms with Gasteiger partial charge in [-0.3, -0.25) is 19.3 Å². The highest BCUT2D eigenvalue weighted by atomic mass is 16.5. The molecule has 1 unspecified atom stereocenters. The zero-order valence-electron chi connectivity index (χ0n) is 20.6. The molecule has 186 valence electrons. The van der Waals surface area contributed by atoms with Crippen LogP contribution in [0.15, 0.2) is 91.0 Å². The fraction of sp³-hybridized carbons (Fsp3) is 0.167. The minimum Gasteiger partial charge on any atom is -0.462 e. The Kier molecular flexibility index (Phi) is 6.60. The number of hydrogen-bond acceptors (Lipinski definition) is 4. The maximum absolute atomic E-state index is 13.9. The molecule has 2 amide bonds. The summed E-state index contributed by atoms with van der Waals surface area (Å²) in [5, 5.41) is 3.77. The van der Waals surface area contributed by atoms with E-state index in [0.717, 1.165) is 27.6 Å². The number of fused-ring (bicyclic) bond motifs is 2. The molecule has 3 aromatic carbocycles. The number of carbonyl (C=O) groups excluding carboxylic acids is 3. The van der Waals surface area contributed by atoms with Crippen LogP contribution in [0, 0.1) is 0 Å². The Balaban J connectivity index is 1.57. The van der Waals surface area contributed by atoms with Gasteiger partial charge in [-0.2, -0.15) is 0 Å². The number of para-hydroxylation sites is 2. The third-order valence-corrected chi connectivity index (χ3v) is 6.15. The van der Waals surface area contributed by atoms with Crippen LogP contribution in [0.4, 0.5) is 5.69 Å². The van der Waals surface area contributed by atoms with Crippen LogP contribution in [-0.4, -0.2) is 41.5 Å². The van der Waals surface area contributed by atoms with Gasteiger partial charge in [-0.1, -0.05) is 66.7 Å². The lowest BCUT2D eigenvalue weighted by Gasteiger charge is -2.25. The molecule has 0 bridgehead atoms. The van der Waals surface area contributed by atoms with Gasteiger partial charge < -0.3 is 15.0 Å². The number of anilines is 1. The van der Waals surface area contributed by atoms with Gasteiger partial charge >= 0.3 is 5.97 Å². The summed E-state index contributed by atoms with van der Waals surface area (Å²) in [6.45, 7) is 3.24. The average molecular weight is 494 g/mol. The van der Waals surface area contributed by atoms with E-state index in [1.54, 1.807) is 32.1 Å². The van der Waals surface area contributed by atoms with Crippen LogP contribution >= 0.6 is 0 Å². The number of H-pyrrole nitrogens is 1. The van der Waals surface area contributed by atoms with Crippen molar-refractivity contribution in [2.75, 3.05) is 11.4 Å². The molecule has 0 radical (unpaired) electrons. The van der Waals surface area contributed by atoms with Crippen molar-refractivity contribution < 1.29 is 19.1 Å². The molecule has 0 saturated carbocycles. The van der Waals surface area contributed by atoms with Crippen molar-refractivity contribution in [3.05, 3.63) is 108 Å². The summed E-state index contributed by atoms with van der Waals surface area (Å²) >= 11 is 0. The second-order valence-electron chi connectivity index (χ2n) is 9.15. The number of benzene rings is 3. The first-order valence-electron chi connectivity index (χ1n) is 12.2. The van der Waals surface area contributed by atoms with Crippen LogP contribution in [0.2, 0.25) is 0 Å². The summed E-state index contributed by atoms with van der Waals surface area (Å²) in [5.41, 5.74) is 4.19. The number of rotatable bonds is 6. The number of hydrogen-bond donors (Lipinski definition) is 2. The zero-order chi connectivity index (χ0) is 25.9. The SMILES string of the molecule is CC(C)OC(=O)CN1C(=O)C(NC(=O)c2cc3ccccc3[nH]2)C=C(c2ccccc2)c2ccccc21. The second kappa shape index (κ2) is 10.1. The maximum atomic E-state index is 13.9. The van der Waals surface area contributed by atoms with E-state index >= 15 is 0 Å². The molecule has 7 heteroatoms. The van der Waals surface area contributed by atoms with Crippen molar-refractivity contribution in [3.63, 3.8) is 0 Å². The summed E-state index contributed by atoms with van der Waals surface area (Å²) in [6, 6.07) is 25.4. The van der Waals surface area contributed by atoms with Crippen molar-refractivity contribution in [1.82, 2.24) is 10.3 Å². The number of carbonyl (C=O) groups is 3. The smallest absolute Gasteiger partial charge is 0.326 e. The molecule has 7 nitrogen and oxygen atoms in total. The van der Waals surface area contributed by atoms with Gasteiger partial charge in [-0.25, -0.2) is 0 Å². The summed E-state index contributed by atoms with van der Waals surface area (Å²) in [5.74, 6) is -1.38. The first-order chi connectivity index (χ1) is 17.9. The Morgan fingerprint density at radius 2 is 1.68 bits per heavy atom. The molecule has 5 rings (SSSR count). The fourth-order valence-electron chi connectivity index (χ4n) is 4.53. The standard InChI is InChI=1S/C30H27N3O4/c1-19(2)37-28(34)18-33-27-15-9-7-13-22(27)23(20-10-4-3-5-11-20)17-26(30(33)36)32-29(35)25-16-21-12-6-8-14-24(21)31-25/h3-17,19,26,31H,18H2,1-2H3,(H,32,35). The van der Waals surface area contributed by atoms with Crippen molar-refractivity contribution in [1.29, 1.82) is 0 Å². The maximum Gasteiger partial charge on any atom is 0.326 e. The van der Waals surface area contributed by atoms with Crippen LogP contribution < -0.4 is 10.2 Å². The van der Waals surface area contributed by atoms with E-state index in [4.69, 9.17) is 4.74 Å². The van der Waals surface area contributed by atoms with E-state index in [9.17, 15) is 14.4 Å². The van der Waals surface area contributed by atoms with Gasteiger partial charge in [-0.05, 0) is 49.3 Å². The largest absolute Gasteiger partial charge is 0.462 e. The Morgan fingerprint density at radius 1 is 0.973 bits per heavy atom. The molecule has 1 atom stereocenters. The van der Waals surface area contributed by atoms with Gasteiger partial charge in [0.15, 0.2) is 0 Å². The lowest BCUT2D eigenvalue weighted by atomic mass is 9.95. The minimum atomic E-state index is -1.02. The Hall–Kier alpha value is -4.65. The topological polar surface area (TPSA) is 91.5 Å². The molecule has 2 heterocycles. The van der Waals surface area contributed by atoms with Gasteiger partial charge in [0, 0.05) is 16.5 Å². The van der Waals surface area contributed by atoms with Crippen LogP contribution in [-0.2, 0) is 14.3 Å². The Morgan fingerprint density at radius 3 is 2.43 bits per heavy atom. The van der Waals surface area contributed by atoms with Gasteiger partial charge in [0.25, 0.3) is 11.8 Å². The Labute approximate surface area is 214 Å². The summed E-state index contributed by atoms with van der Waals surface area (Å²) in [7, 11) is 0. The summed E-state index contributed by atoms with van der Waals surface area (Å²) in [6.07, 6.45) is 1.44. The van der Waals surface area contributed by atoms with E-state index in [1.807, 2.05) is 72.8 Å². The molecule has 1 aliphatic heterocycles. The van der Waals surface area contributed by atoms with Gasteiger partial charge in [0.2, 0.25) is 0 Å². The number of amides is 2. The minimum absolute atomic E-state index is 0.275. The highest BCUT2D eigenvalue weighted by molar-refractivity contribution is 6.10. The van der Waals surface area contributed by atoms with Crippen LogP contribution in [0.3, 0.4) is 0 Å². The molecule has 0 saturated heterocycles. The highest BCUT2D eigenvalue weighted by Crippen LogP contribution is 2.35. The fourth-order valence-corrected chi connectivity index (χ4v) is 4.53. The first-order valence-corrected chi connectivity index (χ1v) is 12.2. The number of aromatic amines is 1. The van der Waals surface area contributed by atoms with Gasteiger partial charge in [0.1, 0.15) is 18.3 Å².